The number of hydrogen-bond donors (Lipinski definition) is 1. The molecule has 0 unspecified atom stereocenters. The molecule has 0 atom stereocenters. The van der Waals surface area contributed by atoms with E-state index in [1.165, 1.54) is 17.1 Å². The van der Waals surface area contributed by atoms with Crippen LogP contribution in [0.5, 0.6) is 0 Å². The lowest BCUT2D eigenvalue weighted by molar-refractivity contribution is 0.0691. The Balaban J connectivity index is 2.83. The summed E-state index contributed by atoms with van der Waals surface area (Å²) in [7, 11) is 0. The first-order valence-corrected chi connectivity index (χ1v) is 2.92. The molecule has 0 aromatic carbocycles. The van der Waals surface area contributed by atoms with Crippen molar-refractivity contribution in [2.45, 2.75) is 6.54 Å². The maximum atomic E-state index is 10.3. The van der Waals surface area contributed by atoms with Crippen molar-refractivity contribution in [3.8, 4) is 12.3 Å². The summed E-state index contributed by atoms with van der Waals surface area (Å²) in [6.45, 7) is 0.347. The highest BCUT2D eigenvalue weighted by atomic mass is 16.4. The van der Waals surface area contributed by atoms with E-state index in [-0.39, 0.29) is 5.69 Å². The molecule has 4 heteroatoms. The number of carboxylic acid groups (broad SMARTS) is 1. The number of hydrogen-bond acceptors (Lipinski definition) is 2. The Hall–Kier alpha value is -1.76. The van der Waals surface area contributed by atoms with Gasteiger partial charge in [-0.25, -0.2) is 9.78 Å². The van der Waals surface area contributed by atoms with Gasteiger partial charge in [0, 0.05) is 6.20 Å². The fourth-order valence-electron chi connectivity index (χ4n) is 0.662. The zero-order valence-electron chi connectivity index (χ0n) is 5.69. The smallest absolute Gasteiger partial charge is 0.356 e. The number of nitrogens with zero attached hydrogens (tertiary/aromatic N) is 2. The van der Waals surface area contributed by atoms with Crippen molar-refractivity contribution in [3.63, 3.8) is 0 Å². The molecule has 0 aliphatic carbocycles. The number of terminal acetylenes is 1. The maximum absolute atomic E-state index is 10.3. The van der Waals surface area contributed by atoms with Crippen molar-refractivity contribution in [1.82, 2.24) is 9.55 Å². The molecule has 0 bridgehead atoms. The topological polar surface area (TPSA) is 55.1 Å². The average Bonchev–Trinajstić information content (AvgIpc) is 2.37. The van der Waals surface area contributed by atoms with E-state index < -0.39 is 5.97 Å². The summed E-state index contributed by atoms with van der Waals surface area (Å²) in [6.07, 6.45) is 7.78. The predicted octanol–water partition coefficient (Wildman–Crippen LogP) is 0.214. The van der Waals surface area contributed by atoms with Gasteiger partial charge >= 0.3 is 5.97 Å². The lowest BCUT2D eigenvalue weighted by atomic mass is 10.5. The van der Waals surface area contributed by atoms with Crippen molar-refractivity contribution in [1.29, 1.82) is 0 Å². The fraction of sp³-hybridized carbons (Fsp3) is 0.143. The summed E-state index contributed by atoms with van der Waals surface area (Å²) in [4.78, 5) is 13.9. The van der Waals surface area contributed by atoms with E-state index in [4.69, 9.17) is 11.5 Å². The Morgan fingerprint density at radius 2 is 2.64 bits per heavy atom. The molecule has 4 nitrogen and oxygen atoms in total. The lowest BCUT2D eigenvalue weighted by Gasteiger charge is -1.88. The molecular formula is C7H6N2O2. The predicted molar refractivity (Wildman–Crippen MR) is 38.0 cm³/mol. The highest BCUT2D eigenvalue weighted by Gasteiger charge is 2.04. The molecule has 0 aliphatic rings. The molecule has 0 fully saturated rings. The van der Waals surface area contributed by atoms with Crippen LogP contribution in [-0.2, 0) is 6.54 Å². The molecule has 0 radical (unpaired) electrons. The van der Waals surface area contributed by atoms with E-state index in [2.05, 4.69) is 10.9 Å². The Labute approximate surface area is 63.5 Å². The molecule has 1 heterocycles. The highest BCUT2D eigenvalue weighted by Crippen LogP contribution is 1.94. The minimum Gasteiger partial charge on any atom is -0.476 e. The van der Waals surface area contributed by atoms with Gasteiger partial charge in [0.1, 0.15) is 0 Å². The SMILES string of the molecule is C#CCn1cnc(C(=O)O)c1. The van der Waals surface area contributed by atoms with Gasteiger partial charge in [-0.3, -0.25) is 0 Å². The molecule has 0 saturated heterocycles. The van der Waals surface area contributed by atoms with Crippen molar-refractivity contribution >= 4 is 5.97 Å². The second kappa shape index (κ2) is 2.88. The third-order valence-electron chi connectivity index (χ3n) is 1.13. The quantitative estimate of drug-likeness (QED) is 0.613. The fourth-order valence-corrected chi connectivity index (χ4v) is 0.662. The van der Waals surface area contributed by atoms with Gasteiger partial charge in [-0.05, 0) is 0 Å². The first-order chi connectivity index (χ1) is 5.24. The van der Waals surface area contributed by atoms with Gasteiger partial charge in [-0.2, -0.15) is 0 Å². The van der Waals surface area contributed by atoms with Crippen LogP contribution < -0.4 is 0 Å². The molecule has 11 heavy (non-hydrogen) atoms. The van der Waals surface area contributed by atoms with Gasteiger partial charge in [0.15, 0.2) is 5.69 Å². The van der Waals surface area contributed by atoms with E-state index in [0.29, 0.717) is 6.54 Å². The van der Waals surface area contributed by atoms with Crippen molar-refractivity contribution in [2.24, 2.45) is 0 Å². The molecule has 0 spiro atoms. The zero-order valence-corrected chi connectivity index (χ0v) is 5.69. The maximum Gasteiger partial charge on any atom is 0.356 e. The third kappa shape index (κ3) is 1.58. The Morgan fingerprint density at radius 1 is 1.91 bits per heavy atom. The second-order valence-corrected chi connectivity index (χ2v) is 1.94. The molecular weight excluding hydrogens is 144 g/mol. The summed E-state index contributed by atoms with van der Waals surface area (Å²) < 4.78 is 1.53. The van der Waals surface area contributed by atoms with Crippen LogP contribution in [0.2, 0.25) is 0 Å². The van der Waals surface area contributed by atoms with Gasteiger partial charge < -0.3 is 9.67 Å². The van der Waals surface area contributed by atoms with Crippen LogP contribution >= 0.6 is 0 Å². The standard InChI is InChI=1S/C7H6N2O2/c1-2-3-9-4-6(7(10)11)8-5-9/h1,4-5H,3H2,(H,10,11). The van der Waals surface area contributed by atoms with Crippen LogP contribution in [-0.4, -0.2) is 20.6 Å². The summed E-state index contributed by atoms with van der Waals surface area (Å²) in [5, 5.41) is 8.44. The lowest BCUT2D eigenvalue weighted by Crippen LogP contribution is -1.96. The third-order valence-corrected chi connectivity index (χ3v) is 1.13. The Bertz CT molecular complexity index is 308. The van der Waals surface area contributed by atoms with E-state index in [1.807, 2.05) is 0 Å². The summed E-state index contributed by atoms with van der Waals surface area (Å²) in [6, 6.07) is 0. The first-order valence-electron chi connectivity index (χ1n) is 2.92. The largest absolute Gasteiger partial charge is 0.476 e. The summed E-state index contributed by atoms with van der Waals surface area (Å²) in [5.41, 5.74) is 0.0141. The van der Waals surface area contributed by atoms with E-state index in [1.54, 1.807) is 0 Å². The van der Waals surface area contributed by atoms with Crippen LogP contribution in [0.15, 0.2) is 12.5 Å². The minimum absolute atomic E-state index is 0.0141. The van der Waals surface area contributed by atoms with Gasteiger partial charge in [0.25, 0.3) is 0 Å². The number of imidazole rings is 1. The molecule has 1 aromatic rings. The van der Waals surface area contributed by atoms with E-state index >= 15 is 0 Å². The van der Waals surface area contributed by atoms with E-state index in [0.717, 1.165) is 0 Å². The zero-order chi connectivity index (χ0) is 8.27. The van der Waals surface area contributed by atoms with Crippen LogP contribution in [0, 0.1) is 12.3 Å². The van der Waals surface area contributed by atoms with Crippen molar-refractivity contribution in [2.75, 3.05) is 0 Å². The van der Waals surface area contributed by atoms with Crippen LogP contribution in [0.3, 0.4) is 0 Å². The first kappa shape index (κ1) is 7.35. The molecule has 0 aliphatic heterocycles. The van der Waals surface area contributed by atoms with Crippen molar-refractivity contribution < 1.29 is 9.90 Å². The number of aromatic carboxylic acids is 1. The van der Waals surface area contributed by atoms with Crippen molar-refractivity contribution in [3.05, 3.63) is 18.2 Å². The molecule has 0 saturated carbocycles. The summed E-state index contributed by atoms with van der Waals surface area (Å²) >= 11 is 0. The molecule has 1 rings (SSSR count). The van der Waals surface area contributed by atoms with Gasteiger partial charge in [-0.15, -0.1) is 6.42 Å². The second-order valence-electron chi connectivity index (χ2n) is 1.94. The number of aromatic nitrogens is 2. The minimum atomic E-state index is -1.04. The number of carbonyl (C=O) groups is 1. The van der Waals surface area contributed by atoms with E-state index in [9.17, 15) is 4.79 Å². The number of rotatable bonds is 2. The highest BCUT2D eigenvalue weighted by molar-refractivity contribution is 5.84. The van der Waals surface area contributed by atoms with Crippen LogP contribution in [0.1, 0.15) is 10.5 Å². The van der Waals surface area contributed by atoms with Gasteiger partial charge in [-0.1, -0.05) is 5.92 Å². The van der Waals surface area contributed by atoms with Crippen LogP contribution in [0.25, 0.3) is 0 Å². The normalized spacial score (nSPS) is 9.00. The molecule has 1 aromatic heterocycles. The average molecular weight is 150 g/mol. The van der Waals surface area contributed by atoms with Crippen LogP contribution in [0.4, 0.5) is 0 Å². The summed E-state index contributed by atoms with van der Waals surface area (Å²) in [5.74, 6) is 1.33. The van der Waals surface area contributed by atoms with Gasteiger partial charge in [0.05, 0.1) is 12.9 Å². The number of carboxylic acids is 1. The monoisotopic (exact) mass is 150 g/mol. The van der Waals surface area contributed by atoms with Gasteiger partial charge in [0.2, 0.25) is 0 Å². The Morgan fingerprint density at radius 3 is 3.09 bits per heavy atom. The molecule has 0 amide bonds. The Kier molecular flexibility index (Phi) is 1.93. The molecule has 1 N–H and O–H groups in total. The molecule has 56 valence electrons.